The average molecular weight is 375 g/mol. The number of esters is 1. The van der Waals surface area contributed by atoms with Gasteiger partial charge < -0.3 is 14.4 Å². The summed E-state index contributed by atoms with van der Waals surface area (Å²) in [5, 5.41) is 12.2. The van der Waals surface area contributed by atoms with Crippen molar-refractivity contribution in [3.63, 3.8) is 0 Å². The number of carbonyl (C=O) groups excluding carboxylic acids is 1. The van der Waals surface area contributed by atoms with Crippen molar-refractivity contribution >= 4 is 34.4 Å². The van der Waals surface area contributed by atoms with Crippen LogP contribution in [0, 0.1) is 5.92 Å². The molecule has 1 heterocycles. The molecule has 136 valence electrons. The Labute approximate surface area is 150 Å². The van der Waals surface area contributed by atoms with Crippen LogP contribution in [-0.4, -0.2) is 36.9 Å². The Morgan fingerprint density at radius 3 is 2.54 bits per heavy atom. The zero-order valence-corrected chi connectivity index (χ0v) is 16.7. The van der Waals surface area contributed by atoms with Crippen molar-refractivity contribution in [3.05, 3.63) is 16.6 Å². The van der Waals surface area contributed by atoms with Gasteiger partial charge >= 0.3 is 5.97 Å². The summed E-state index contributed by atoms with van der Waals surface area (Å²) in [6.45, 7) is 11.0. The minimum atomic E-state index is -1.70. The minimum absolute atomic E-state index is 0.0128. The van der Waals surface area contributed by atoms with E-state index in [-0.39, 0.29) is 24.5 Å². The zero-order chi connectivity index (χ0) is 18.5. The molecule has 0 aliphatic heterocycles. The first-order chi connectivity index (χ1) is 11.0. The van der Waals surface area contributed by atoms with Crippen LogP contribution in [0.5, 0.6) is 0 Å². The normalized spacial score (nSPS) is 16.8. The topological polar surface area (TPSA) is 94.8 Å². The molecular formula is C16H26N2O4S2. The predicted molar refractivity (Wildman–Crippen MR) is 97.6 cm³/mol. The van der Waals surface area contributed by atoms with Crippen molar-refractivity contribution in [2.75, 3.05) is 0 Å². The van der Waals surface area contributed by atoms with Crippen molar-refractivity contribution in [1.29, 1.82) is 0 Å². The summed E-state index contributed by atoms with van der Waals surface area (Å²) in [5.41, 5.74) is 2.24. The lowest BCUT2D eigenvalue weighted by Crippen LogP contribution is -2.38. The van der Waals surface area contributed by atoms with Crippen molar-refractivity contribution in [1.82, 2.24) is 4.98 Å². The van der Waals surface area contributed by atoms with Gasteiger partial charge in [0.15, 0.2) is 5.69 Å². The Bertz CT molecular complexity index is 567. The number of carbonyl (C=O) groups is 1. The standard InChI is InChI=1S/C16H26N2O4S2/c1-7-16(20,22-14(19)13-9-23-10-17-13)8-12(11(2)3)18-24(21)15(4,5)6/h9-11,20H,7-8H2,1-6H3/t16-,24?/m1/s1. The van der Waals surface area contributed by atoms with E-state index in [1.807, 2.05) is 34.6 Å². The predicted octanol–water partition coefficient (Wildman–Crippen LogP) is 3.35. The van der Waals surface area contributed by atoms with Gasteiger partial charge in [0.25, 0.3) is 0 Å². The number of aliphatic hydroxyl groups is 1. The van der Waals surface area contributed by atoms with Crippen LogP contribution in [0.15, 0.2) is 15.3 Å². The molecule has 0 fully saturated rings. The van der Waals surface area contributed by atoms with E-state index in [1.54, 1.807) is 12.3 Å². The second-order valence-corrected chi connectivity index (χ2v) is 9.46. The molecule has 24 heavy (non-hydrogen) atoms. The van der Waals surface area contributed by atoms with Crippen molar-refractivity contribution < 1.29 is 19.2 Å². The van der Waals surface area contributed by atoms with Crippen LogP contribution in [0.3, 0.4) is 0 Å². The van der Waals surface area contributed by atoms with Gasteiger partial charge in [0.2, 0.25) is 5.79 Å². The van der Waals surface area contributed by atoms with E-state index in [2.05, 4.69) is 9.38 Å². The molecule has 6 nitrogen and oxygen atoms in total. The van der Waals surface area contributed by atoms with Gasteiger partial charge in [0.05, 0.1) is 17.6 Å². The third-order valence-corrected chi connectivity index (χ3v) is 5.36. The molecule has 0 saturated heterocycles. The van der Waals surface area contributed by atoms with E-state index < -0.39 is 27.9 Å². The molecular weight excluding hydrogens is 348 g/mol. The molecule has 0 bridgehead atoms. The first-order valence-corrected chi connectivity index (χ1v) is 9.87. The van der Waals surface area contributed by atoms with Crippen LogP contribution in [0.1, 0.15) is 64.9 Å². The molecule has 0 amide bonds. The third kappa shape index (κ3) is 6.16. The summed E-state index contributed by atoms with van der Waals surface area (Å²) in [5.74, 6) is -2.42. The molecule has 0 radical (unpaired) electrons. The molecule has 2 atom stereocenters. The maximum Gasteiger partial charge on any atom is 0.360 e. The third-order valence-electron chi connectivity index (χ3n) is 3.32. The lowest BCUT2D eigenvalue weighted by atomic mass is 9.98. The van der Waals surface area contributed by atoms with Crippen molar-refractivity contribution in [3.8, 4) is 0 Å². The Morgan fingerprint density at radius 2 is 2.12 bits per heavy atom. The largest absolute Gasteiger partial charge is 0.591 e. The van der Waals surface area contributed by atoms with Crippen LogP contribution in [0.4, 0.5) is 0 Å². The van der Waals surface area contributed by atoms with E-state index in [1.165, 1.54) is 16.8 Å². The average Bonchev–Trinajstić information content (AvgIpc) is 2.99. The highest BCUT2D eigenvalue weighted by Gasteiger charge is 2.35. The van der Waals surface area contributed by atoms with E-state index in [9.17, 15) is 14.5 Å². The molecule has 0 aromatic carbocycles. The maximum atomic E-state index is 12.3. The molecule has 1 rings (SSSR count). The molecule has 8 heteroatoms. The van der Waals surface area contributed by atoms with Gasteiger partial charge in [-0.2, -0.15) is 0 Å². The highest BCUT2D eigenvalue weighted by Crippen LogP contribution is 2.25. The number of hydrogen-bond donors (Lipinski definition) is 1. The monoisotopic (exact) mass is 374 g/mol. The summed E-state index contributed by atoms with van der Waals surface area (Å²) in [6, 6.07) is 0. The molecule has 1 N–H and O–H groups in total. The molecule has 0 saturated carbocycles. The van der Waals surface area contributed by atoms with Crippen LogP contribution in [-0.2, 0) is 16.1 Å². The van der Waals surface area contributed by atoms with Crippen molar-refractivity contribution in [2.24, 2.45) is 10.3 Å². The Balaban J connectivity index is 2.96. The van der Waals surface area contributed by atoms with Gasteiger partial charge in [-0.1, -0.05) is 25.2 Å². The highest BCUT2D eigenvalue weighted by atomic mass is 32.2. The quantitative estimate of drug-likeness (QED) is 0.342. The van der Waals surface area contributed by atoms with Gasteiger partial charge in [0, 0.05) is 11.8 Å². The van der Waals surface area contributed by atoms with Gasteiger partial charge in [-0.3, -0.25) is 0 Å². The van der Waals surface area contributed by atoms with Crippen LogP contribution in [0.2, 0.25) is 0 Å². The Kier molecular flexibility index (Phi) is 7.40. The SMILES string of the molecule is CC[C@](O)(CC(=N[S+]([O-])C(C)(C)C)C(C)C)OC(=O)c1cscn1. The van der Waals surface area contributed by atoms with Gasteiger partial charge in [-0.05, 0) is 26.7 Å². The maximum absolute atomic E-state index is 12.3. The van der Waals surface area contributed by atoms with Crippen LogP contribution >= 0.6 is 11.3 Å². The number of aromatic nitrogens is 1. The number of nitrogens with zero attached hydrogens (tertiary/aromatic N) is 2. The Morgan fingerprint density at radius 1 is 1.50 bits per heavy atom. The summed E-state index contributed by atoms with van der Waals surface area (Å²) in [6.07, 6.45) is 0.204. The lowest BCUT2D eigenvalue weighted by Gasteiger charge is -2.28. The lowest BCUT2D eigenvalue weighted by molar-refractivity contribution is -0.161. The number of thiazole rings is 1. The molecule has 1 unspecified atom stereocenters. The first-order valence-electron chi connectivity index (χ1n) is 7.82. The number of hydrogen-bond acceptors (Lipinski definition) is 7. The zero-order valence-electron chi connectivity index (χ0n) is 15.0. The van der Waals surface area contributed by atoms with E-state index in [0.29, 0.717) is 5.71 Å². The summed E-state index contributed by atoms with van der Waals surface area (Å²) < 4.78 is 21.3. The second kappa shape index (κ2) is 8.42. The van der Waals surface area contributed by atoms with Crippen molar-refractivity contribution in [2.45, 2.75) is 64.9 Å². The van der Waals surface area contributed by atoms with Crippen LogP contribution in [0.25, 0.3) is 0 Å². The van der Waals surface area contributed by atoms with Crippen LogP contribution < -0.4 is 0 Å². The summed E-state index contributed by atoms with van der Waals surface area (Å²) in [7, 11) is 0. The van der Waals surface area contributed by atoms with E-state index in [4.69, 9.17) is 4.74 Å². The fourth-order valence-electron chi connectivity index (χ4n) is 1.64. The summed E-state index contributed by atoms with van der Waals surface area (Å²) in [4.78, 5) is 16.0. The van der Waals surface area contributed by atoms with Gasteiger partial charge in [0.1, 0.15) is 16.1 Å². The molecule has 1 aromatic heterocycles. The minimum Gasteiger partial charge on any atom is -0.591 e. The first kappa shape index (κ1) is 21.1. The fraction of sp³-hybridized carbons (Fsp3) is 0.688. The molecule has 1 aromatic rings. The molecule has 0 aliphatic carbocycles. The summed E-state index contributed by atoms with van der Waals surface area (Å²) >= 11 is -0.167. The molecule has 0 spiro atoms. The smallest absolute Gasteiger partial charge is 0.360 e. The van der Waals surface area contributed by atoms with E-state index >= 15 is 0 Å². The fourth-order valence-corrected chi connectivity index (χ4v) is 2.92. The number of rotatable bonds is 7. The van der Waals surface area contributed by atoms with E-state index in [0.717, 1.165) is 0 Å². The van der Waals surface area contributed by atoms with Gasteiger partial charge in [-0.15, -0.1) is 11.3 Å². The highest BCUT2D eigenvalue weighted by molar-refractivity contribution is 7.91. The van der Waals surface area contributed by atoms with Gasteiger partial charge in [-0.25, -0.2) is 9.78 Å². The molecule has 0 aliphatic rings. The number of ether oxygens (including phenoxy) is 1. The Hall–Kier alpha value is -0.960. The second-order valence-electron chi connectivity index (χ2n) is 6.84.